The fourth-order valence-electron chi connectivity index (χ4n) is 2.44. The summed E-state index contributed by atoms with van der Waals surface area (Å²) in [7, 11) is 0. The molecule has 0 aliphatic heterocycles. The molecule has 0 aliphatic rings. The Bertz CT molecular complexity index is 692. The Labute approximate surface area is 141 Å². The van der Waals surface area contributed by atoms with Gasteiger partial charge in [0, 0.05) is 5.56 Å². The van der Waals surface area contributed by atoms with Crippen molar-refractivity contribution in [2.75, 3.05) is 13.2 Å². The Hall–Kier alpha value is -2.68. The number of carboxylic acids is 1. The minimum absolute atomic E-state index is 0.137. The van der Waals surface area contributed by atoms with Crippen LogP contribution in [0.4, 0.5) is 0 Å². The van der Waals surface area contributed by atoms with Crippen molar-refractivity contribution in [3.05, 3.63) is 82.7 Å². The van der Waals surface area contributed by atoms with E-state index >= 15 is 0 Å². The van der Waals surface area contributed by atoms with Crippen molar-refractivity contribution in [1.82, 2.24) is 0 Å². The summed E-state index contributed by atoms with van der Waals surface area (Å²) >= 11 is 0. The highest BCUT2D eigenvalue weighted by Gasteiger charge is 2.23. The normalized spacial score (nSPS) is 13.0. The quantitative estimate of drug-likeness (QED) is 0.347. The van der Waals surface area contributed by atoms with E-state index in [0.29, 0.717) is 12.2 Å². The van der Waals surface area contributed by atoms with E-state index in [2.05, 4.69) is 4.85 Å². The smallest absolute Gasteiger partial charge is 0.315 e. The maximum absolute atomic E-state index is 11.7. The summed E-state index contributed by atoms with van der Waals surface area (Å²) in [6, 6.07) is 15.6. The molecule has 0 aliphatic carbocycles. The van der Waals surface area contributed by atoms with Crippen LogP contribution in [0.1, 0.15) is 35.6 Å². The molecule has 5 nitrogen and oxygen atoms in total. The van der Waals surface area contributed by atoms with Gasteiger partial charge in [0.2, 0.25) is 0 Å². The molecule has 0 bridgehead atoms. The average molecular weight is 325 g/mol. The van der Waals surface area contributed by atoms with E-state index in [4.69, 9.17) is 16.3 Å². The maximum Gasteiger partial charge on any atom is 0.315 e. The Morgan fingerprint density at radius 1 is 1.04 bits per heavy atom. The third kappa shape index (κ3) is 4.42. The first-order valence-electron chi connectivity index (χ1n) is 7.66. The van der Waals surface area contributed by atoms with Gasteiger partial charge in [0.1, 0.15) is 5.92 Å². The van der Waals surface area contributed by atoms with E-state index in [-0.39, 0.29) is 6.61 Å². The maximum atomic E-state index is 11.7. The lowest BCUT2D eigenvalue weighted by molar-refractivity contribution is -0.292. The summed E-state index contributed by atoms with van der Waals surface area (Å²) in [5.74, 6) is -1.64. The Kier molecular flexibility index (Phi) is 6.50. The molecule has 2 rings (SSSR count). The van der Waals surface area contributed by atoms with E-state index in [9.17, 15) is 9.90 Å². The minimum Gasteiger partial charge on any atom is -0.481 e. The molecule has 0 aromatic heterocycles. The molecule has 1 N–H and O–H groups in total. The number of benzene rings is 2. The van der Waals surface area contributed by atoms with Crippen LogP contribution in [0, 0.1) is 6.57 Å². The molecule has 2 aromatic rings. The van der Waals surface area contributed by atoms with Crippen LogP contribution in [0.5, 0.6) is 0 Å². The summed E-state index contributed by atoms with van der Waals surface area (Å²) in [5, 5.41) is 9.56. The zero-order valence-corrected chi connectivity index (χ0v) is 13.4. The van der Waals surface area contributed by atoms with Crippen molar-refractivity contribution >= 4 is 5.97 Å². The average Bonchev–Trinajstić information content (AvgIpc) is 2.60. The van der Waals surface area contributed by atoms with E-state index in [1.807, 2.05) is 18.2 Å². The lowest BCUT2D eigenvalue weighted by Crippen LogP contribution is -2.13. The highest BCUT2D eigenvalue weighted by atomic mass is 17.2. The number of hydrogen-bond donors (Lipinski definition) is 1. The minimum atomic E-state index is -0.907. The van der Waals surface area contributed by atoms with Gasteiger partial charge in [0.25, 0.3) is 6.04 Å². The van der Waals surface area contributed by atoms with Crippen LogP contribution in [0.3, 0.4) is 0 Å². The predicted octanol–water partition coefficient (Wildman–Crippen LogP) is 3.83. The van der Waals surface area contributed by atoms with Crippen LogP contribution in [-0.2, 0) is 14.6 Å². The molecule has 5 heteroatoms. The standard InChI is InChI=1S/C19H19NO4/c1-3-23-24-13-17(20-2)14-9-11-16(12-10-14)18(19(21)22)15-7-5-4-6-8-15/h4-12,17-18H,3,13H2,1H3,(H,21,22). The van der Waals surface area contributed by atoms with Crippen LogP contribution >= 0.6 is 0 Å². The predicted molar refractivity (Wildman–Crippen MR) is 89.3 cm³/mol. The zero-order chi connectivity index (χ0) is 17.4. The molecule has 0 heterocycles. The van der Waals surface area contributed by atoms with E-state index in [1.54, 1.807) is 43.3 Å². The molecule has 2 aromatic carbocycles. The molecule has 0 saturated heterocycles. The van der Waals surface area contributed by atoms with Crippen LogP contribution < -0.4 is 0 Å². The van der Waals surface area contributed by atoms with Crippen LogP contribution in [-0.4, -0.2) is 24.3 Å². The zero-order valence-electron chi connectivity index (χ0n) is 13.4. The van der Waals surface area contributed by atoms with Crippen molar-refractivity contribution in [3.8, 4) is 0 Å². The first kappa shape index (κ1) is 17.7. The molecule has 0 spiro atoms. The Morgan fingerprint density at radius 3 is 2.17 bits per heavy atom. The van der Waals surface area contributed by atoms with E-state index < -0.39 is 17.9 Å². The fourth-order valence-corrected chi connectivity index (χ4v) is 2.44. The van der Waals surface area contributed by atoms with Crippen LogP contribution in [0.15, 0.2) is 54.6 Å². The van der Waals surface area contributed by atoms with E-state index in [0.717, 1.165) is 11.1 Å². The van der Waals surface area contributed by atoms with E-state index in [1.165, 1.54) is 0 Å². The number of rotatable bonds is 8. The highest BCUT2D eigenvalue weighted by molar-refractivity contribution is 5.80. The summed E-state index contributed by atoms with van der Waals surface area (Å²) in [5.41, 5.74) is 2.16. The molecule has 2 unspecified atom stereocenters. The van der Waals surface area contributed by atoms with Gasteiger partial charge in [-0.15, -0.1) is 0 Å². The Balaban J connectivity index is 2.20. The number of carboxylic acid groups (broad SMARTS) is 1. The van der Waals surface area contributed by atoms with Gasteiger partial charge in [-0.2, -0.15) is 0 Å². The van der Waals surface area contributed by atoms with Gasteiger partial charge in [-0.3, -0.25) is 4.79 Å². The first-order valence-corrected chi connectivity index (χ1v) is 7.66. The number of hydrogen-bond acceptors (Lipinski definition) is 3. The number of aliphatic carboxylic acids is 1. The number of carbonyl (C=O) groups is 1. The van der Waals surface area contributed by atoms with Crippen molar-refractivity contribution in [2.24, 2.45) is 0 Å². The fraction of sp³-hybridized carbons (Fsp3) is 0.263. The lowest BCUT2D eigenvalue weighted by Gasteiger charge is -2.14. The van der Waals surface area contributed by atoms with Gasteiger partial charge in [-0.25, -0.2) is 16.3 Å². The van der Waals surface area contributed by atoms with Crippen LogP contribution in [0.2, 0.25) is 0 Å². The second kappa shape index (κ2) is 8.82. The molecule has 0 radical (unpaired) electrons. The molecule has 2 atom stereocenters. The molecule has 0 amide bonds. The summed E-state index contributed by atoms with van der Waals surface area (Å²) < 4.78 is 0. The second-order valence-electron chi connectivity index (χ2n) is 5.18. The first-order chi connectivity index (χ1) is 11.7. The summed E-state index contributed by atoms with van der Waals surface area (Å²) in [6.07, 6.45) is 0. The van der Waals surface area contributed by atoms with Gasteiger partial charge in [-0.1, -0.05) is 54.6 Å². The molecular weight excluding hydrogens is 306 g/mol. The topological polar surface area (TPSA) is 60.1 Å². The molecule has 0 saturated carbocycles. The van der Waals surface area contributed by atoms with Crippen LogP contribution in [0.25, 0.3) is 4.85 Å². The molecular formula is C19H19NO4. The SMILES string of the molecule is [C-]#[N+]C(COOCC)c1ccc(C(C(=O)O)c2ccccc2)cc1. The third-order valence-corrected chi connectivity index (χ3v) is 3.62. The van der Waals surface area contributed by atoms with Crippen molar-refractivity contribution in [2.45, 2.75) is 18.9 Å². The van der Waals surface area contributed by atoms with Crippen molar-refractivity contribution in [3.63, 3.8) is 0 Å². The van der Waals surface area contributed by atoms with Gasteiger partial charge >= 0.3 is 5.97 Å². The summed E-state index contributed by atoms with van der Waals surface area (Å²) in [4.78, 5) is 25.0. The number of nitrogens with zero attached hydrogens (tertiary/aromatic N) is 1. The van der Waals surface area contributed by atoms with Crippen molar-refractivity contribution in [1.29, 1.82) is 0 Å². The monoisotopic (exact) mass is 325 g/mol. The molecule has 0 fully saturated rings. The van der Waals surface area contributed by atoms with Gasteiger partial charge in [0.05, 0.1) is 6.61 Å². The summed E-state index contributed by atoms with van der Waals surface area (Å²) in [6.45, 7) is 9.63. The third-order valence-electron chi connectivity index (χ3n) is 3.62. The lowest BCUT2D eigenvalue weighted by atomic mass is 9.90. The largest absolute Gasteiger partial charge is 0.481 e. The molecule has 124 valence electrons. The molecule has 24 heavy (non-hydrogen) atoms. The van der Waals surface area contributed by atoms with Gasteiger partial charge in [0.15, 0.2) is 6.61 Å². The van der Waals surface area contributed by atoms with Gasteiger partial charge in [-0.05, 0) is 18.1 Å². The second-order valence-corrected chi connectivity index (χ2v) is 5.18. The van der Waals surface area contributed by atoms with Crippen molar-refractivity contribution < 1.29 is 19.7 Å². The van der Waals surface area contributed by atoms with Gasteiger partial charge < -0.3 is 9.95 Å². The Morgan fingerprint density at radius 2 is 1.62 bits per heavy atom. The highest BCUT2D eigenvalue weighted by Crippen LogP contribution is 2.27.